The molecule has 2 aliphatic carbocycles. The first kappa shape index (κ1) is 16.0. The van der Waals surface area contributed by atoms with Crippen molar-refractivity contribution in [2.75, 3.05) is 0 Å². The summed E-state index contributed by atoms with van der Waals surface area (Å²) in [7, 11) is 0. The van der Waals surface area contributed by atoms with Gasteiger partial charge in [-0.05, 0) is 43.2 Å². The normalized spacial score (nSPS) is 20.8. The van der Waals surface area contributed by atoms with Crippen LogP contribution in [0.15, 0.2) is 24.3 Å². The van der Waals surface area contributed by atoms with Crippen LogP contribution >= 0.6 is 0 Å². The van der Waals surface area contributed by atoms with Crippen LogP contribution in [0.25, 0.3) is 0 Å². The predicted molar refractivity (Wildman–Crippen MR) is 89.9 cm³/mol. The van der Waals surface area contributed by atoms with Crippen molar-refractivity contribution < 1.29 is 9.59 Å². The minimum Gasteiger partial charge on any atom is -0.353 e. The van der Waals surface area contributed by atoms with E-state index in [-0.39, 0.29) is 30.7 Å². The lowest BCUT2D eigenvalue weighted by molar-refractivity contribution is -0.127. The van der Waals surface area contributed by atoms with E-state index in [1.165, 1.54) is 24.0 Å². The fraction of sp³-hybridized carbons (Fsp3) is 0.579. The van der Waals surface area contributed by atoms with E-state index in [0.717, 1.165) is 32.1 Å². The Hall–Kier alpha value is -1.84. The van der Waals surface area contributed by atoms with E-state index in [1.54, 1.807) is 0 Å². The molecule has 0 aliphatic heterocycles. The minimum absolute atomic E-state index is 0.0103. The second-order valence-electron chi connectivity index (χ2n) is 6.76. The lowest BCUT2D eigenvalue weighted by atomic mass is 9.87. The Kier molecular flexibility index (Phi) is 5.31. The molecule has 2 N–H and O–H groups in total. The third-order valence-corrected chi connectivity index (χ3v) is 5.00. The zero-order chi connectivity index (χ0) is 16.1. The average Bonchev–Trinajstić information content (AvgIpc) is 3.06. The molecule has 1 unspecified atom stereocenters. The van der Waals surface area contributed by atoms with Crippen molar-refractivity contribution in [3.05, 3.63) is 35.4 Å². The first-order valence-electron chi connectivity index (χ1n) is 8.89. The monoisotopic (exact) mass is 314 g/mol. The molecule has 0 heterocycles. The van der Waals surface area contributed by atoms with Crippen molar-refractivity contribution >= 4 is 11.8 Å². The summed E-state index contributed by atoms with van der Waals surface area (Å²) in [6, 6.07) is 8.75. The molecule has 1 aromatic carbocycles. The average molecular weight is 314 g/mol. The highest BCUT2D eigenvalue weighted by molar-refractivity contribution is 5.84. The molecule has 1 fully saturated rings. The van der Waals surface area contributed by atoms with Crippen molar-refractivity contribution in [3.8, 4) is 0 Å². The second kappa shape index (κ2) is 7.62. The van der Waals surface area contributed by atoms with Crippen LogP contribution in [0, 0.1) is 0 Å². The standard InChI is InChI=1S/C19H26N2O2/c22-18(20-15-8-2-3-9-15)12-13-19(23)21-17-11-5-7-14-6-1-4-10-16(14)17/h1,4,6,10,15,17H,2-3,5,7-9,11-13H2,(H,20,22)(H,21,23). The molecule has 0 saturated heterocycles. The molecule has 2 aliphatic rings. The smallest absolute Gasteiger partial charge is 0.220 e. The maximum atomic E-state index is 12.2. The fourth-order valence-corrected chi connectivity index (χ4v) is 3.77. The molecule has 4 nitrogen and oxygen atoms in total. The van der Waals surface area contributed by atoms with Gasteiger partial charge in [-0.25, -0.2) is 0 Å². The maximum Gasteiger partial charge on any atom is 0.220 e. The Labute approximate surface area is 138 Å². The molecule has 124 valence electrons. The SMILES string of the molecule is O=C(CCC(=O)NC1CCCc2ccccc21)NC1CCCC1. The van der Waals surface area contributed by atoms with Gasteiger partial charge < -0.3 is 10.6 Å². The van der Waals surface area contributed by atoms with E-state index in [1.807, 2.05) is 6.07 Å². The number of carbonyl (C=O) groups excluding carboxylic acids is 2. The summed E-state index contributed by atoms with van der Waals surface area (Å²) < 4.78 is 0. The van der Waals surface area contributed by atoms with Crippen molar-refractivity contribution in [2.45, 2.75) is 69.9 Å². The molecule has 1 aromatic rings. The van der Waals surface area contributed by atoms with Crippen LogP contribution in [0.5, 0.6) is 0 Å². The number of hydrogen-bond acceptors (Lipinski definition) is 2. The first-order valence-corrected chi connectivity index (χ1v) is 8.89. The van der Waals surface area contributed by atoms with Gasteiger partial charge in [0.1, 0.15) is 0 Å². The molecule has 3 rings (SSSR count). The van der Waals surface area contributed by atoms with Gasteiger partial charge in [0.05, 0.1) is 6.04 Å². The van der Waals surface area contributed by atoms with Gasteiger partial charge in [0.25, 0.3) is 0 Å². The highest BCUT2D eigenvalue weighted by Crippen LogP contribution is 2.29. The number of nitrogens with one attached hydrogen (secondary N) is 2. The summed E-state index contributed by atoms with van der Waals surface area (Å²) in [6.07, 6.45) is 8.30. The zero-order valence-corrected chi connectivity index (χ0v) is 13.6. The minimum atomic E-state index is -0.0201. The predicted octanol–water partition coefficient (Wildman–Crippen LogP) is 3.02. The second-order valence-corrected chi connectivity index (χ2v) is 6.76. The van der Waals surface area contributed by atoms with Crippen molar-refractivity contribution in [2.24, 2.45) is 0 Å². The Balaban J connectivity index is 1.45. The molecular formula is C19H26N2O2. The lowest BCUT2D eigenvalue weighted by Gasteiger charge is -2.26. The van der Waals surface area contributed by atoms with Crippen LogP contribution in [0.4, 0.5) is 0 Å². The molecule has 2 amide bonds. The summed E-state index contributed by atoms with van der Waals surface area (Å²) in [5.41, 5.74) is 2.57. The number of benzene rings is 1. The third kappa shape index (κ3) is 4.34. The van der Waals surface area contributed by atoms with E-state index >= 15 is 0 Å². The van der Waals surface area contributed by atoms with Crippen LogP contribution in [0.1, 0.15) is 68.5 Å². The molecule has 0 aromatic heterocycles. The number of fused-ring (bicyclic) bond motifs is 1. The molecule has 0 radical (unpaired) electrons. The van der Waals surface area contributed by atoms with Gasteiger partial charge in [0.15, 0.2) is 0 Å². The molecular weight excluding hydrogens is 288 g/mol. The zero-order valence-electron chi connectivity index (χ0n) is 13.6. The molecule has 0 spiro atoms. The lowest BCUT2D eigenvalue weighted by Crippen LogP contribution is -2.35. The van der Waals surface area contributed by atoms with E-state index in [2.05, 4.69) is 28.8 Å². The number of carbonyl (C=O) groups is 2. The van der Waals surface area contributed by atoms with Crippen LogP contribution in [0.3, 0.4) is 0 Å². The van der Waals surface area contributed by atoms with Gasteiger partial charge >= 0.3 is 0 Å². The van der Waals surface area contributed by atoms with Crippen LogP contribution in [-0.2, 0) is 16.0 Å². The Morgan fingerprint density at radius 1 is 0.913 bits per heavy atom. The van der Waals surface area contributed by atoms with Crippen LogP contribution in [-0.4, -0.2) is 17.9 Å². The van der Waals surface area contributed by atoms with Gasteiger partial charge in [-0.15, -0.1) is 0 Å². The number of rotatable bonds is 5. The summed E-state index contributed by atoms with van der Waals surface area (Å²) in [5, 5.41) is 6.14. The van der Waals surface area contributed by atoms with Gasteiger partial charge in [0.2, 0.25) is 11.8 Å². The van der Waals surface area contributed by atoms with Crippen molar-refractivity contribution in [1.82, 2.24) is 10.6 Å². The van der Waals surface area contributed by atoms with Gasteiger partial charge in [-0.3, -0.25) is 9.59 Å². The third-order valence-electron chi connectivity index (χ3n) is 5.00. The van der Waals surface area contributed by atoms with Crippen LogP contribution in [0.2, 0.25) is 0 Å². The summed E-state index contributed by atoms with van der Waals surface area (Å²) in [5.74, 6) is -0.00984. The molecule has 0 bridgehead atoms. The van der Waals surface area contributed by atoms with Gasteiger partial charge in [0, 0.05) is 18.9 Å². The van der Waals surface area contributed by atoms with Crippen molar-refractivity contribution in [1.29, 1.82) is 0 Å². The van der Waals surface area contributed by atoms with E-state index in [0.29, 0.717) is 6.04 Å². The maximum absolute atomic E-state index is 12.2. The van der Waals surface area contributed by atoms with E-state index in [4.69, 9.17) is 0 Å². The van der Waals surface area contributed by atoms with E-state index in [9.17, 15) is 9.59 Å². The first-order chi connectivity index (χ1) is 11.2. The highest BCUT2D eigenvalue weighted by atomic mass is 16.2. The molecule has 1 atom stereocenters. The van der Waals surface area contributed by atoms with E-state index < -0.39 is 0 Å². The molecule has 4 heteroatoms. The quantitative estimate of drug-likeness (QED) is 0.877. The molecule has 23 heavy (non-hydrogen) atoms. The molecule has 1 saturated carbocycles. The summed E-state index contributed by atoms with van der Waals surface area (Å²) >= 11 is 0. The van der Waals surface area contributed by atoms with Crippen LogP contribution < -0.4 is 10.6 Å². The number of aryl methyl sites for hydroxylation is 1. The Morgan fingerprint density at radius 2 is 1.61 bits per heavy atom. The summed E-state index contributed by atoms with van der Waals surface area (Å²) in [6.45, 7) is 0. The Morgan fingerprint density at radius 3 is 2.39 bits per heavy atom. The largest absolute Gasteiger partial charge is 0.353 e. The number of amides is 2. The Bertz CT molecular complexity index is 564. The van der Waals surface area contributed by atoms with Gasteiger partial charge in [-0.1, -0.05) is 37.1 Å². The van der Waals surface area contributed by atoms with Crippen molar-refractivity contribution in [3.63, 3.8) is 0 Å². The summed E-state index contributed by atoms with van der Waals surface area (Å²) in [4.78, 5) is 24.1. The fourth-order valence-electron chi connectivity index (χ4n) is 3.77. The van der Waals surface area contributed by atoms with Gasteiger partial charge in [-0.2, -0.15) is 0 Å². The topological polar surface area (TPSA) is 58.2 Å². The number of hydrogen-bond donors (Lipinski definition) is 2. The highest BCUT2D eigenvalue weighted by Gasteiger charge is 2.22.